The van der Waals surface area contributed by atoms with Gasteiger partial charge < -0.3 is 5.11 Å². The molecule has 1 aromatic carbocycles. The second kappa shape index (κ2) is 4.96. The van der Waals surface area contributed by atoms with E-state index in [2.05, 4.69) is 0 Å². The Balaban J connectivity index is 2.18. The quantitative estimate of drug-likeness (QED) is 0.808. The SMILES string of the molecule is Cc1ccc(F)cc1C(O)C1CCCCC1. The first-order valence-electron chi connectivity index (χ1n) is 6.12. The highest BCUT2D eigenvalue weighted by molar-refractivity contribution is 5.29. The van der Waals surface area contributed by atoms with Gasteiger partial charge in [0, 0.05) is 0 Å². The van der Waals surface area contributed by atoms with Gasteiger partial charge in [0.05, 0.1) is 6.10 Å². The zero-order valence-electron chi connectivity index (χ0n) is 9.75. The highest BCUT2D eigenvalue weighted by atomic mass is 19.1. The Morgan fingerprint density at radius 1 is 1.25 bits per heavy atom. The molecular formula is C14H19FO. The third-order valence-electron chi connectivity index (χ3n) is 3.66. The van der Waals surface area contributed by atoms with Crippen molar-refractivity contribution < 1.29 is 9.50 Å². The molecular weight excluding hydrogens is 203 g/mol. The summed E-state index contributed by atoms with van der Waals surface area (Å²) in [7, 11) is 0. The fourth-order valence-corrected chi connectivity index (χ4v) is 2.63. The normalized spacial score (nSPS) is 19.7. The molecule has 0 amide bonds. The summed E-state index contributed by atoms with van der Waals surface area (Å²) in [5.74, 6) is 0.0599. The van der Waals surface area contributed by atoms with Crippen LogP contribution >= 0.6 is 0 Å². The van der Waals surface area contributed by atoms with Gasteiger partial charge in [-0.05, 0) is 48.9 Å². The summed E-state index contributed by atoms with van der Waals surface area (Å²) in [4.78, 5) is 0. The van der Waals surface area contributed by atoms with E-state index in [9.17, 15) is 9.50 Å². The molecule has 2 heteroatoms. The lowest BCUT2D eigenvalue weighted by Gasteiger charge is -2.27. The molecule has 1 unspecified atom stereocenters. The third kappa shape index (κ3) is 2.43. The molecule has 1 aliphatic rings. The Labute approximate surface area is 96.3 Å². The van der Waals surface area contributed by atoms with Crippen LogP contribution in [0.4, 0.5) is 4.39 Å². The van der Waals surface area contributed by atoms with E-state index in [1.165, 1.54) is 31.4 Å². The van der Waals surface area contributed by atoms with Gasteiger partial charge in [0.15, 0.2) is 0 Å². The Morgan fingerprint density at radius 3 is 2.62 bits per heavy atom. The average Bonchev–Trinajstić information content (AvgIpc) is 2.32. The Kier molecular flexibility index (Phi) is 3.59. The maximum Gasteiger partial charge on any atom is 0.123 e. The van der Waals surface area contributed by atoms with E-state index in [4.69, 9.17) is 0 Å². The molecule has 0 radical (unpaired) electrons. The van der Waals surface area contributed by atoms with Crippen LogP contribution in [0, 0.1) is 18.7 Å². The Hall–Kier alpha value is -0.890. The summed E-state index contributed by atoms with van der Waals surface area (Å²) < 4.78 is 13.2. The predicted octanol–water partition coefficient (Wildman–Crippen LogP) is 3.75. The van der Waals surface area contributed by atoms with E-state index >= 15 is 0 Å². The second-order valence-electron chi connectivity index (χ2n) is 4.84. The topological polar surface area (TPSA) is 20.2 Å². The van der Waals surface area contributed by atoms with Gasteiger partial charge in [-0.15, -0.1) is 0 Å². The Morgan fingerprint density at radius 2 is 1.94 bits per heavy atom. The van der Waals surface area contributed by atoms with Gasteiger partial charge in [0.2, 0.25) is 0 Å². The van der Waals surface area contributed by atoms with Crippen molar-refractivity contribution in [3.8, 4) is 0 Å². The fourth-order valence-electron chi connectivity index (χ4n) is 2.63. The number of aliphatic hydroxyl groups is 1. The van der Waals surface area contributed by atoms with Crippen LogP contribution in [0.1, 0.15) is 49.3 Å². The van der Waals surface area contributed by atoms with Gasteiger partial charge in [0.1, 0.15) is 5.82 Å². The maximum atomic E-state index is 13.2. The molecule has 16 heavy (non-hydrogen) atoms. The molecule has 1 atom stereocenters. The lowest BCUT2D eigenvalue weighted by Crippen LogP contribution is -2.16. The predicted molar refractivity (Wildman–Crippen MR) is 62.7 cm³/mol. The van der Waals surface area contributed by atoms with E-state index < -0.39 is 6.10 Å². The molecule has 2 rings (SSSR count). The fraction of sp³-hybridized carbons (Fsp3) is 0.571. The molecule has 0 saturated heterocycles. The van der Waals surface area contributed by atoms with E-state index in [0.29, 0.717) is 5.92 Å². The summed E-state index contributed by atoms with van der Waals surface area (Å²) in [5.41, 5.74) is 1.76. The first kappa shape index (κ1) is 11.6. The largest absolute Gasteiger partial charge is 0.388 e. The van der Waals surface area contributed by atoms with Crippen LogP contribution in [-0.2, 0) is 0 Å². The number of aliphatic hydroxyl groups excluding tert-OH is 1. The summed E-state index contributed by atoms with van der Waals surface area (Å²) in [6, 6.07) is 4.68. The van der Waals surface area contributed by atoms with Crippen LogP contribution < -0.4 is 0 Å². The van der Waals surface area contributed by atoms with E-state index in [1.54, 1.807) is 6.07 Å². The molecule has 88 valence electrons. The summed E-state index contributed by atoms with van der Waals surface area (Å²) in [6.07, 6.45) is 5.29. The van der Waals surface area contributed by atoms with E-state index in [1.807, 2.05) is 6.92 Å². The summed E-state index contributed by atoms with van der Waals surface area (Å²) >= 11 is 0. The minimum absolute atomic E-state index is 0.254. The minimum Gasteiger partial charge on any atom is -0.388 e. The smallest absolute Gasteiger partial charge is 0.123 e. The molecule has 0 heterocycles. The van der Waals surface area contributed by atoms with Crippen LogP contribution in [0.5, 0.6) is 0 Å². The zero-order valence-corrected chi connectivity index (χ0v) is 9.75. The van der Waals surface area contributed by atoms with Crippen molar-refractivity contribution in [3.63, 3.8) is 0 Å². The monoisotopic (exact) mass is 222 g/mol. The molecule has 0 aromatic heterocycles. The minimum atomic E-state index is -0.490. The van der Waals surface area contributed by atoms with Gasteiger partial charge in [-0.3, -0.25) is 0 Å². The molecule has 1 aliphatic carbocycles. The van der Waals surface area contributed by atoms with Crippen molar-refractivity contribution in [2.45, 2.75) is 45.1 Å². The Bertz CT molecular complexity index is 356. The standard InChI is InChI=1S/C14H19FO/c1-10-7-8-12(15)9-13(10)14(16)11-5-3-2-4-6-11/h7-9,11,14,16H,2-6H2,1H3. The van der Waals surface area contributed by atoms with Crippen molar-refractivity contribution in [1.29, 1.82) is 0 Å². The molecule has 1 fully saturated rings. The van der Waals surface area contributed by atoms with Crippen molar-refractivity contribution in [3.05, 3.63) is 35.1 Å². The van der Waals surface area contributed by atoms with Gasteiger partial charge >= 0.3 is 0 Å². The van der Waals surface area contributed by atoms with Crippen molar-refractivity contribution >= 4 is 0 Å². The first-order chi connectivity index (χ1) is 7.68. The van der Waals surface area contributed by atoms with Crippen molar-refractivity contribution in [1.82, 2.24) is 0 Å². The molecule has 1 N–H and O–H groups in total. The summed E-state index contributed by atoms with van der Waals surface area (Å²) in [5, 5.41) is 10.3. The zero-order chi connectivity index (χ0) is 11.5. The summed E-state index contributed by atoms with van der Waals surface area (Å²) in [6.45, 7) is 1.93. The van der Waals surface area contributed by atoms with E-state index in [-0.39, 0.29) is 5.82 Å². The molecule has 0 bridgehead atoms. The molecule has 1 nitrogen and oxygen atoms in total. The van der Waals surface area contributed by atoms with Crippen LogP contribution in [0.3, 0.4) is 0 Å². The van der Waals surface area contributed by atoms with E-state index in [0.717, 1.165) is 24.0 Å². The highest BCUT2D eigenvalue weighted by Gasteiger charge is 2.24. The number of rotatable bonds is 2. The average molecular weight is 222 g/mol. The first-order valence-corrected chi connectivity index (χ1v) is 6.12. The lowest BCUT2D eigenvalue weighted by atomic mass is 9.82. The number of aryl methyl sites for hydroxylation is 1. The number of benzene rings is 1. The van der Waals surface area contributed by atoms with Crippen molar-refractivity contribution in [2.75, 3.05) is 0 Å². The van der Waals surface area contributed by atoms with Crippen LogP contribution in [0.25, 0.3) is 0 Å². The van der Waals surface area contributed by atoms with Gasteiger partial charge in [-0.25, -0.2) is 4.39 Å². The lowest BCUT2D eigenvalue weighted by molar-refractivity contribution is 0.0840. The molecule has 1 saturated carbocycles. The van der Waals surface area contributed by atoms with Crippen LogP contribution in [0.15, 0.2) is 18.2 Å². The van der Waals surface area contributed by atoms with Gasteiger partial charge in [0.25, 0.3) is 0 Å². The second-order valence-corrected chi connectivity index (χ2v) is 4.84. The number of hydrogen-bond donors (Lipinski definition) is 1. The third-order valence-corrected chi connectivity index (χ3v) is 3.66. The molecule has 0 aliphatic heterocycles. The van der Waals surface area contributed by atoms with Crippen molar-refractivity contribution in [2.24, 2.45) is 5.92 Å². The maximum absolute atomic E-state index is 13.2. The van der Waals surface area contributed by atoms with Gasteiger partial charge in [-0.1, -0.05) is 25.3 Å². The van der Waals surface area contributed by atoms with Crippen LogP contribution in [0.2, 0.25) is 0 Å². The number of halogens is 1. The van der Waals surface area contributed by atoms with Gasteiger partial charge in [-0.2, -0.15) is 0 Å². The van der Waals surface area contributed by atoms with Crippen LogP contribution in [-0.4, -0.2) is 5.11 Å². The molecule has 0 spiro atoms. The highest BCUT2D eigenvalue weighted by Crippen LogP contribution is 2.35. The molecule has 1 aromatic rings. The number of hydrogen-bond acceptors (Lipinski definition) is 1.